The van der Waals surface area contributed by atoms with Crippen LogP contribution in [0.2, 0.25) is 5.02 Å². The van der Waals surface area contributed by atoms with E-state index in [0.717, 1.165) is 31.5 Å². The van der Waals surface area contributed by atoms with Crippen LogP contribution in [0.25, 0.3) is 0 Å². The first kappa shape index (κ1) is 13.9. The molecule has 0 spiro atoms. The molecule has 5 nitrogen and oxygen atoms in total. The molecule has 3 rings (SSSR count). The number of aromatic nitrogens is 2. The van der Waals surface area contributed by atoms with E-state index in [0.29, 0.717) is 22.3 Å². The highest BCUT2D eigenvalue weighted by atomic mass is 35.5. The molecule has 21 heavy (non-hydrogen) atoms. The minimum absolute atomic E-state index is 0.0731. The largest absolute Gasteiger partial charge is 0.359 e. The van der Waals surface area contributed by atoms with Crippen LogP contribution in [0, 0.1) is 18.3 Å². The maximum Gasteiger partial charge on any atom is 0.249 e. The van der Waals surface area contributed by atoms with Gasteiger partial charge in [-0.05, 0) is 44.4 Å². The Labute approximate surface area is 128 Å². The van der Waals surface area contributed by atoms with E-state index in [1.165, 1.54) is 0 Å². The number of hydrogen-bond donors (Lipinski definition) is 0. The normalized spacial score (nSPS) is 18.5. The van der Waals surface area contributed by atoms with Gasteiger partial charge in [0.15, 0.2) is 5.82 Å². The molecule has 1 atom stereocenters. The standard InChI is InChI=1S/C15H15ClN4O/c1-10-18-15(21-19-10)14-4-2-3-7-20(14)12-6-5-11(9-17)13(16)8-12/h5-6,8,14H,2-4,7H2,1H3/t14-/m1/s1. The van der Waals surface area contributed by atoms with Gasteiger partial charge in [0, 0.05) is 12.2 Å². The second kappa shape index (κ2) is 5.74. The molecule has 0 unspecified atom stereocenters. The molecule has 1 aliphatic rings. The average Bonchev–Trinajstić information content (AvgIpc) is 2.93. The number of halogens is 1. The Morgan fingerprint density at radius 1 is 1.43 bits per heavy atom. The lowest BCUT2D eigenvalue weighted by atomic mass is 10.0. The maximum atomic E-state index is 8.97. The zero-order valence-electron chi connectivity index (χ0n) is 11.7. The van der Waals surface area contributed by atoms with Gasteiger partial charge < -0.3 is 9.42 Å². The van der Waals surface area contributed by atoms with Crippen LogP contribution < -0.4 is 4.90 Å². The third kappa shape index (κ3) is 2.72. The minimum Gasteiger partial charge on any atom is -0.359 e. The molecular formula is C15H15ClN4O. The van der Waals surface area contributed by atoms with Crippen molar-refractivity contribution in [3.05, 3.63) is 40.5 Å². The van der Waals surface area contributed by atoms with Gasteiger partial charge in [0.1, 0.15) is 12.1 Å². The highest BCUT2D eigenvalue weighted by molar-refractivity contribution is 6.32. The second-order valence-corrected chi connectivity index (χ2v) is 5.57. The lowest BCUT2D eigenvalue weighted by Gasteiger charge is -2.35. The fraction of sp³-hybridized carbons (Fsp3) is 0.400. The molecule has 0 radical (unpaired) electrons. The third-order valence-electron chi connectivity index (χ3n) is 3.74. The van der Waals surface area contributed by atoms with Crippen molar-refractivity contribution in [3.63, 3.8) is 0 Å². The van der Waals surface area contributed by atoms with Crippen LogP contribution in [0.4, 0.5) is 5.69 Å². The molecule has 2 heterocycles. The molecule has 2 aromatic rings. The van der Waals surface area contributed by atoms with Gasteiger partial charge in [-0.1, -0.05) is 16.8 Å². The van der Waals surface area contributed by atoms with Crippen molar-refractivity contribution in [1.82, 2.24) is 10.1 Å². The van der Waals surface area contributed by atoms with Gasteiger partial charge in [-0.25, -0.2) is 0 Å². The summed E-state index contributed by atoms with van der Waals surface area (Å²) < 4.78 is 5.34. The van der Waals surface area contributed by atoms with Crippen LogP contribution in [0.15, 0.2) is 22.7 Å². The molecule has 0 amide bonds. The highest BCUT2D eigenvalue weighted by Crippen LogP contribution is 2.35. The first-order chi connectivity index (χ1) is 10.2. The Morgan fingerprint density at radius 2 is 2.29 bits per heavy atom. The number of nitriles is 1. The molecule has 0 bridgehead atoms. The minimum atomic E-state index is 0.0731. The fourth-order valence-corrected chi connectivity index (χ4v) is 2.94. The zero-order valence-corrected chi connectivity index (χ0v) is 12.5. The maximum absolute atomic E-state index is 8.97. The molecule has 1 saturated heterocycles. The summed E-state index contributed by atoms with van der Waals surface area (Å²) in [7, 11) is 0. The fourth-order valence-electron chi connectivity index (χ4n) is 2.72. The van der Waals surface area contributed by atoms with Crippen molar-refractivity contribution in [1.29, 1.82) is 5.26 Å². The van der Waals surface area contributed by atoms with Crippen LogP contribution >= 0.6 is 11.6 Å². The second-order valence-electron chi connectivity index (χ2n) is 5.16. The van der Waals surface area contributed by atoms with Crippen molar-refractivity contribution in [2.24, 2.45) is 0 Å². The summed E-state index contributed by atoms with van der Waals surface area (Å²) in [6, 6.07) is 7.66. The summed E-state index contributed by atoms with van der Waals surface area (Å²) in [5.74, 6) is 1.29. The molecule has 1 aliphatic heterocycles. The van der Waals surface area contributed by atoms with E-state index in [1.807, 2.05) is 19.1 Å². The van der Waals surface area contributed by atoms with E-state index in [-0.39, 0.29) is 6.04 Å². The molecule has 1 aromatic carbocycles. The Hall–Kier alpha value is -2.06. The summed E-state index contributed by atoms with van der Waals surface area (Å²) >= 11 is 6.15. The van der Waals surface area contributed by atoms with Gasteiger partial charge in [0.05, 0.1) is 10.6 Å². The first-order valence-electron chi connectivity index (χ1n) is 6.95. The van der Waals surface area contributed by atoms with Crippen molar-refractivity contribution in [3.8, 4) is 6.07 Å². The van der Waals surface area contributed by atoms with Gasteiger partial charge >= 0.3 is 0 Å². The Bertz CT molecular complexity index is 691. The number of aryl methyl sites for hydroxylation is 1. The summed E-state index contributed by atoms with van der Waals surface area (Å²) in [6.45, 7) is 2.73. The number of piperidine rings is 1. The highest BCUT2D eigenvalue weighted by Gasteiger charge is 2.29. The van der Waals surface area contributed by atoms with E-state index in [1.54, 1.807) is 6.07 Å². The molecular weight excluding hydrogens is 288 g/mol. The van der Waals surface area contributed by atoms with Crippen LogP contribution in [0.1, 0.15) is 42.6 Å². The van der Waals surface area contributed by atoms with Crippen molar-refractivity contribution < 1.29 is 4.52 Å². The zero-order chi connectivity index (χ0) is 14.8. The number of anilines is 1. The molecule has 108 valence electrons. The first-order valence-corrected chi connectivity index (χ1v) is 7.33. The van der Waals surface area contributed by atoms with Crippen LogP contribution in [0.3, 0.4) is 0 Å². The summed E-state index contributed by atoms with van der Waals surface area (Å²) in [5, 5.41) is 13.3. The molecule has 0 aliphatic carbocycles. The predicted octanol–water partition coefficient (Wildman–Crippen LogP) is 3.63. The summed E-state index contributed by atoms with van der Waals surface area (Å²) in [4.78, 5) is 6.59. The number of nitrogens with zero attached hydrogens (tertiary/aromatic N) is 4. The average molecular weight is 303 g/mol. The summed E-state index contributed by atoms with van der Waals surface area (Å²) in [5.41, 5.74) is 1.47. The molecule has 6 heteroatoms. The Morgan fingerprint density at radius 3 is 2.95 bits per heavy atom. The predicted molar refractivity (Wildman–Crippen MR) is 79.1 cm³/mol. The number of hydrogen-bond acceptors (Lipinski definition) is 5. The number of rotatable bonds is 2. The quantitative estimate of drug-likeness (QED) is 0.847. The van der Waals surface area contributed by atoms with Gasteiger partial charge in [0.25, 0.3) is 0 Å². The topological polar surface area (TPSA) is 66.0 Å². The van der Waals surface area contributed by atoms with E-state index < -0.39 is 0 Å². The van der Waals surface area contributed by atoms with Crippen molar-refractivity contribution in [2.45, 2.75) is 32.2 Å². The van der Waals surface area contributed by atoms with E-state index in [2.05, 4.69) is 21.1 Å². The van der Waals surface area contributed by atoms with Crippen molar-refractivity contribution in [2.75, 3.05) is 11.4 Å². The lowest BCUT2D eigenvalue weighted by Crippen LogP contribution is -2.33. The van der Waals surface area contributed by atoms with Gasteiger partial charge in [-0.3, -0.25) is 0 Å². The Balaban J connectivity index is 1.94. The van der Waals surface area contributed by atoms with Gasteiger partial charge in [0.2, 0.25) is 5.89 Å². The van der Waals surface area contributed by atoms with Gasteiger partial charge in [-0.15, -0.1) is 0 Å². The van der Waals surface area contributed by atoms with E-state index in [9.17, 15) is 0 Å². The molecule has 0 N–H and O–H groups in total. The smallest absolute Gasteiger partial charge is 0.249 e. The molecule has 0 saturated carbocycles. The molecule has 1 fully saturated rings. The SMILES string of the molecule is Cc1noc([C@H]2CCCCN2c2ccc(C#N)c(Cl)c2)n1. The number of benzene rings is 1. The van der Waals surface area contributed by atoms with E-state index in [4.69, 9.17) is 21.4 Å². The van der Waals surface area contributed by atoms with Crippen LogP contribution in [-0.4, -0.2) is 16.7 Å². The monoisotopic (exact) mass is 302 g/mol. The Kier molecular flexibility index (Phi) is 3.80. The van der Waals surface area contributed by atoms with Crippen LogP contribution in [0.5, 0.6) is 0 Å². The third-order valence-corrected chi connectivity index (χ3v) is 4.05. The van der Waals surface area contributed by atoms with Gasteiger partial charge in [-0.2, -0.15) is 10.2 Å². The van der Waals surface area contributed by atoms with E-state index >= 15 is 0 Å². The molecule has 1 aromatic heterocycles. The van der Waals surface area contributed by atoms with Crippen LogP contribution in [-0.2, 0) is 0 Å². The lowest BCUT2D eigenvalue weighted by molar-refractivity contribution is 0.321. The van der Waals surface area contributed by atoms with Crippen molar-refractivity contribution >= 4 is 17.3 Å². The summed E-state index contributed by atoms with van der Waals surface area (Å²) in [6.07, 6.45) is 3.22.